The smallest absolute Gasteiger partial charge is 1.00 e. The summed E-state index contributed by atoms with van der Waals surface area (Å²) in [6, 6.07) is 0. The molecule has 0 aromatic carbocycles. The van der Waals surface area contributed by atoms with Crippen LogP contribution in [0.4, 0.5) is 0 Å². The third kappa shape index (κ3) is 22.7. The van der Waals surface area contributed by atoms with Crippen molar-refractivity contribution >= 4 is 0 Å². The van der Waals surface area contributed by atoms with Gasteiger partial charge in [-0.2, -0.15) is 24.3 Å². The fraction of sp³-hybridized carbons (Fsp3) is 0.600. The van der Waals surface area contributed by atoms with Crippen molar-refractivity contribution in [1.82, 2.24) is 0 Å². The van der Waals surface area contributed by atoms with Gasteiger partial charge in [0.1, 0.15) is 0 Å². The molecule has 0 radical (unpaired) electrons. The third-order valence-corrected chi connectivity index (χ3v) is 7.90. The van der Waals surface area contributed by atoms with Crippen LogP contribution in [0.1, 0.15) is 132 Å². The molecular weight excluding hydrogens is 734 g/mol. The molecule has 0 spiro atoms. The van der Waals surface area contributed by atoms with Gasteiger partial charge in [0.15, 0.2) is 0 Å². The zero-order valence-corrected chi connectivity index (χ0v) is 35.6. The molecule has 0 heterocycles. The Morgan fingerprint density at radius 3 is 0.727 bits per heavy atom. The van der Waals surface area contributed by atoms with E-state index in [9.17, 15) is 0 Å². The van der Waals surface area contributed by atoms with Gasteiger partial charge in [-0.25, -0.2) is 46.6 Å². The van der Waals surface area contributed by atoms with Crippen LogP contribution in [0.3, 0.4) is 0 Å². The molecule has 4 atom stereocenters. The van der Waals surface area contributed by atoms with Crippen molar-refractivity contribution in [2.75, 3.05) is 0 Å². The maximum Gasteiger partial charge on any atom is 2.00 e. The molecule has 0 N–H and O–H groups in total. The van der Waals surface area contributed by atoms with Crippen molar-refractivity contribution in [3.05, 3.63) is 95.2 Å². The van der Waals surface area contributed by atoms with Gasteiger partial charge in [-0.05, 0) is 25.7 Å². The van der Waals surface area contributed by atoms with Gasteiger partial charge in [0.2, 0.25) is 0 Å². The first-order valence-electron chi connectivity index (χ1n) is 16.5. The Morgan fingerprint density at radius 2 is 0.614 bits per heavy atom. The molecule has 4 aliphatic carbocycles. The summed E-state index contributed by atoms with van der Waals surface area (Å²) in [5, 5.41) is 0. The number of hydrogen-bond donors (Lipinski definition) is 0. The number of allylic oxidation sites excluding steroid dienone is 16. The summed E-state index contributed by atoms with van der Waals surface area (Å²) in [5.74, 6) is 2.90. The quantitative estimate of drug-likeness (QED) is 0.200. The molecule has 0 nitrogen and oxygen atoms in total. The Bertz CT molecular complexity index is 781. The third-order valence-electron chi connectivity index (χ3n) is 7.90. The van der Waals surface area contributed by atoms with Crippen LogP contribution in [0.5, 0.6) is 0 Å². The molecule has 4 heteroatoms. The Balaban J connectivity index is -0.000000235. The Hall–Kier alpha value is 0.266. The van der Waals surface area contributed by atoms with Crippen molar-refractivity contribution in [2.24, 2.45) is 23.7 Å². The van der Waals surface area contributed by atoms with Gasteiger partial charge in [-0.1, -0.05) is 105 Å². The zero-order chi connectivity index (χ0) is 29.6. The maximum absolute atomic E-state index is 3.35. The van der Waals surface area contributed by atoms with E-state index in [1.165, 1.54) is 73.7 Å². The fourth-order valence-corrected chi connectivity index (χ4v) is 5.39. The van der Waals surface area contributed by atoms with E-state index >= 15 is 0 Å². The molecule has 0 saturated carbocycles. The first-order valence-corrected chi connectivity index (χ1v) is 16.5. The minimum absolute atomic E-state index is 0. The average molecular weight is 794 g/mol. The average Bonchev–Trinajstić information content (AvgIpc) is 3.78. The van der Waals surface area contributed by atoms with Crippen LogP contribution in [0.15, 0.2) is 70.9 Å². The van der Waals surface area contributed by atoms with E-state index in [2.05, 4.69) is 128 Å². The molecule has 0 aromatic rings. The number of hydrogen-bond acceptors (Lipinski definition) is 0. The van der Waals surface area contributed by atoms with E-state index < -0.39 is 0 Å². The van der Waals surface area contributed by atoms with Gasteiger partial charge in [-0.3, -0.25) is 24.3 Å². The molecular formula is C40H60Cl2Zr2-2. The summed E-state index contributed by atoms with van der Waals surface area (Å²) < 4.78 is 0. The van der Waals surface area contributed by atoms with Crippen molar-refractivity contribution in [3.8, 4) is 0 Å². The summed E-state index contributed by atoms with van der Waals surface area (Å²) in [6.45, 7) is 18.0. The second-order valence-corrected chi connectivity index (χ2v) is 11.7. The molecule has 4 aliphatic rings. The first-order chi connectivity index (χ1) is 19.4. The van der Waals surface area contributed by atoms with Crippen molar-refractivity contribution in [2.45, 2.75) is 132 Å². The Kier molecular flexibility index (Phi) is 38.5. The molecule has 44 heavy (non-hydrogen) atoms. The molecule has 0 aromatic heterocycles. The predicted molar refractivity (Wildman–Crippen MR) is 178 cm³/mol. The molecule has 0 saturated heterocycles. The maximum atomic E-state index is 3.35. The van der Waals surface area contributed by atoms with Crippen LogP contribution in [-0.2, 0) is 52.4 Å². The summed E-state index contributed by atoms with van der Waals surface area (Å²) in [5.41, 5.74) is 5.67. The monoisotopic (exact) mass is 790 g/mol. The molecule has 0 amide bonds. The van der Waals surface area contributed by atoms with E-state index in [0.717, 1.165) is 49.4 Å². The molecule has 0 fully saturated rings. The van der Waals surface area contributed by atoms with Crippen LogP contribution < -0.4 is 24.8 Å². The standard InChI is InChI=1S/4C10H15.2ClH.2Zr/c4*1-3-6-9(2)10-7-4-5-8-10;;;;/h4*4,7,9H,3,5-6H2,1-2H3;2*1H;;/q4*-1;;;2*+2/p-2. The molecule has 0 bridgehead atoms. The van der Waals surface area contributed by atoms with E-state index in [-0.39, 0.29) is 77.2 Å². The predicted octanol–water partition coefficient (Wildman–Crippen LogP) is 6.45. The molecule has 244 valence electrons. The van der Waals surface area contributed by atoms with Gasteiger partial charge < -0.3 is 24.8 Å². The second-order valence-electron chi connectivity index (χ2n) is 11.7. The van der Waals surface area contributed by atoms with Crippen molar-refractivity contribution < 1.29 is 77.2 Å². The largest absolute Gasteiger partial charge is 2.00 e. The van der Waals surface area contributed by atoms with Gasteiger partial charge in [0.25, 0.3) is 0 Å². The SMILES string of the molecule is CCCC(C)C1=[C-]CC=C1.CCCC(C)C1=[C-]CC=C1.CCCC(C)C1=[C-]CC=C1.CCCC(C)C1=[C-]CC=C1.[Cl-].[Cl-].[Zr+2].[Zr+2]. The minimum Gasteiger partial charge on any atom is -1.00 e. The zero-order valence-electron chi connectivity index (χ0n) is 29.2. The summed E-state index contributed by atoms with van der Waals surface area (Å²) in [4.78, 5) is 0. The Labute approximate surface area is 325 Å². The van der Waals surface area contributed by atoms with Crippen LogP contribution in [0.25, 0.3) is 0 Å². The minimum atomic E-state index is 0. The van der Waals surface area contributed by atoms with Crippen LogP contribution >= 0.6 is 0 Å². The second kappa shape index (κ2) is 33.2. The molecule has 4 rings (SSSR count). The van der Waals surface area contributed by atoms with Crippen LogP contribution in [0, 0.1) is 48.0 Å². The normalized spacial score (nSPS) is 17.5. The van der Waals surface area contributed by atoms with Gasteiger partial charge in [0.05, 0.1) is 0 Å². The van der Waals surface area contributed by atoms with Crippen molar-refractivity contribution in [3.63, 3.8) is 0 Å². The van der Waals surface area contributed by atoms with Gasteiger partial charge >= 0.3 is 52.4 Å². The van der Waals surface area contributed by atoms with Gasteiger partial charge in [0, 0.05) is 0 Å². The first kappa shape index (κ1) is 51.1. The van der Waals surface area contributed by atoms with Crippen molar-refractivity contribution in [1.29, 1.82) is 0 Å². The van der Waals surface area contributed by atoms with Gasteiger partial charge in [-0.15, -0.1) is 25.7 Å². The number of rotatable bonds is 12. The molecule has 4 unspecified atom stereocenters. The van der Waals surface area contributed by atoms with E-state index in [4.69, 9.17) is 0 Å². The summed E-state index contributed by atoms with van der Waals surface area (Å²) in [6.07, 6.45) is 45.4. The van der Waals surface area contributed by atoms with Crippen LogP contribution in [-0.4, -0.2) is 0 Å². The Morgan fingerprint density at radius 1 is 0.432 bits per heavy atom. The van der Waals surface area contributed by atoms with E-state index in [1.807, 2.05) is 0 Å². The summed E-state index contributed by atoms with van der Waals surface area (Å²) >= 11 is 0. The van der Waals surface area contributed by atoms with Crippen LogP contribution in [0.2, 0.25) is 0 Å². The number of halogens is 2. The van der Waals surface area contributed by atoms with E-state index in [1.54, 1.807) is 0 Å². The summed E-state index contributed by atoms with van der Waals surface area (Å²) in [7, 11) is 0. The molecule has 0 aliphatic heterocycles. The topological polar surface area (TPSA) is 0 Å². The fourth-order valence-electron chi connectivity index (χ4n) is 5.39. The van der Waals surface area contributed by atoms with E-state index in [0.29, 0.717) is 0 Å².